The first-order chi connectivity index (χ1) is 13.7. The molecule has 29 heavy (non-hydrogen) atoms. The van der Waals surface area contributed by atoms with Crippen LogP contribution in [0.25, 0.3) is 34.0 Å². The predicted molar refractivity (Wildman–Crippen MR) is 117 cm³/mol. The lowest BCUT2D eigenvalue weighted by Crippen LogP contribution is -3.00. The fraction of sp³-hybridized carbons (Fsp3) is 0.240. The number of pyridine rings is 1. The summed E-state index contributed by atoms with van der Waals surface area (Å²) in [5, 5.41) is 11.6. The van der Waals surface area contributed by atoms with Crippen molar-refractivity contribution in [2.24, 2.45) is 0 Å². The van der Waals surface area contributed by atoms with E-state index in [4.69, 9.17) is 5.11 Å². The largest absolute Gasteiger partial charge is 1.00 e. The number of hydrogen-bond donors (Lipinski definition) is 2. The SMILES string of the molecule is CC(C)c1ccc2c(/C=C/c3cc[n+](CCCO)c4ccccc34)c[nH]c2c1.[I-]. The minimum atomic E-state index is 0. The molecular formula is C25H27IN2O. The molecule has 0 saturated heterocycles. The first kappa shape index (κ1) is 21.5. The van der Waals surface area contributed by atoms with Crippen LogP contribution in [-0.2, 0) is 6.54 Å². The highest BCUT2D eigenvalue weighted by Crippen LogP contribution is 2.25. The number of aliphatic hydroxyl groups is 1. The van der Waals surface area contributed by atoms with Gasteiger partial charge in [-0.1, -0.05) is 50.3 Å². The van der Waals surface area contributed by atoms with Crippen molar-refractivity contribution in [3.05, 3.63) is 77.6 Å². The van der Waals surface area contributed by atoms with Crippen molar-refractivity contribution in [3.63, 3.8) is 0 Å². The average molecular weight is 498 g/mol. The highest BCUT2D eigenvalue weighted by atomic mass is 127. The van der Waals surface area contributed by atoms with Gasteiger partial charge in [-0.2, -0.15) is 4.57 Å². The van der Waals surface area contributed by atoms with E-state index in [1.165, 1.54) is 38.5 Å². The molecule has 4 rings (SSSR count). The maximum absolute atomic E-state index is 9.15. The Morgan fingerprint density at radius 3 is 2.59 bits per heavy atom. The minimum Gasteiger partial charge on any atom is -1.00 e. The van der Waals surface area contributed by atoms with Gasteiger partial charge in [0, 0.05) is 42.3 Å². The zero-order valence-electron chi connectivity index (χ0n) is 16.9. The van der Waals surface area contributed by atoms with Gasteiger partial charge in [-0.15, -0.1) is 0 Å². The smallest absolute Gasteiger partial charge is 0.213 e. The van der Waals surface area contributed by atoms with Gasteiger partial charge in [-0.3, -0.25) is 0 Å². The van der Waals surface area contributed by atoms with E-state index in [1.807, 2.05) is 0 Å². The number of nitrogens with one attached hydrogen (secondary N) is 1. The van der Waals surface area contributed by atoms with Crippen molar-refractivity contribution < 1.29 is 33.7 Å². The monoisotopic (exact) mass is 498 g/mol. The summed E-state index contributed by atoms with van der Waals surface area (Å²) >= 11 is 0. The first-order valence-electron chi connectivity index (χ1n) is 9.98. The Labute approximate surface area is 189 Å². The van der Waals surface area contributed by atoms with Gasteiger partial charge >= 0.3 is 0 Å². The number of rotatable bonds is 6. The molecule has 2 aromatic heterocycles. The molecule has 0 spiro atoms. The molecule has 2 N–H and O–H groups in total. The molecule has 0 aliphatic heterocycles. The number of fused-ring (bicyclic) bond motifs is 2. The van der Waals surface area contributed by atoms with E-state index in [2.05, 4.69) is 96.5 Å². The van der Waals surface area contributed by atoms with E-state index in [1.54, 1.807) is 0 Å². The molecule has 0 amide bonds. The molecule has 150 valence electrons. The minimum absolute atomic E-state index is 0. The summed E-state index contributed by atoms with van der Waals surface area (Å²) in [6, 6.07) is 17.3. The Morgan fingerprint density at radius 1 is 1.00 bits per heavy atom. The third-order valence-electron chi connectivity index (χ3n) is 5.36. The Kier molecular flexibility index (Phi) is 7.09. The lowest BCUT2D eigenvalue weighted by molar-refractivity contribution is -0.672. The third-order valence-corrected chi connectivity index (χ3v) is 5.36. The Balaban J connectivity index is 0.00000240. The van der Waals surface area contributed by atoms with Crippen LogP contribution >= 0.6 is 0 Å². The van der Waals surface area contributed by atoms with Gasteiger partial charge in [0.15, 0.2) is 12.7 Å². The topological polar surface area (TPSA) is 39.9 Å². The predicted octanol–water partition coefficient (Wildman–Crippen LogP) is 2.29. The van der Waals surface area contributed by atoms with Gasteiger partial charge in [0.2, 0.25) is 5.52 Å². The number of aryl methyl sites for hydroxylation is 1. The molecule has 2 aromatic carbocycles. The van der Waals surface area contributed by atoms with Crippen molar-refractivity contribution in [2.75, 3.05) is 6.61 Å². The standard InChI is InChI=1S/C25H26N2O.HI/c1-18(2)20-10-11-22-21(17-26-24(22)16-20)9-8-19-12-14-27(13-5-15-28)25-7-4-3-6-23(19)25;/h3-4,6-12,14,16-18,28H,5,13,15H2,1-2H3;1H. The van der Waals surface area contributed by atoms with Crippen molar-refractivity contribution in [3.8, 4) is 0 Å². The second kappa shape index (κ2) is 9.55. The molecular weight excluding hydrogens is 471 g/mol. The number of aromatic nitrogens is 2. The summed E-state index contributed by atoms with van der Waals surface area (Å²) in [6.07, 6.45) is 9.34. The van der Waals surface area contributed by atoms with Crippen LogP contribution in [0.3, 0.4) is 0 Å². The van der Waals surface area contributed by atoms with Crippen molar-refractivity contribution in [1.29, 1.82) is 0 Å². The normalized spacial score (nSPS) is 11.6. The average Bonchev–Trinajstić information content (AvgIpc) is 3.13. The van der Waals surface area contributed by atoms with Crippen LogP contribution in [0.4, 0.5) is 0 Å². The summed E-state index contributed by atoms with van der Waals surface area (Å²) in [4.78, 5) is 3.41. The number of para-hydroxylation sites is 1. The molecule has 4 heteroatoms. The van der Waals surface area contributed by atoms with Crippen LogP contribution in [0.5, 0.6) is 0 Å². The van der Waals surface area contributed by atoms with Crippen molar-refractivity contribution >= 4 is 34.0 Å². The van der Waals surface area contributed by atoms with E-state index >= 15 is 0 Å². The number of nitrogens with zero attached hydrogens (tertiary/aromatic N) is 1. The second-order valence-corrected chi connectivity index (χ2v) is 7.60. The van der Waals surface area contributed by atoms with Crippen LogP contribution in [0.15, 0.2) is 60.9 Å². The van der Waals surface area contributed by atoms with Gasteiger partial charge in [0.1, 0.15) is 0 Å². The highest BCUT2D eigenvalue weighted by molar-refractivity contribution is 5.94. The molecule has 0 bridgehead atoms. The molecule has 3 nitrogen and oxygen atoms in total. The summed E-state index contributed by atoms with van der Waals surface area (Å²) in [5.41, 5.74) is 6.13. The van der Waals surface area contributed by atoms with Crippen LogP contribution in [0, 0.1) is 0 Å². The van der Waals surface area contributed by atoms with E-state index in [0.29, 0.717) is 5.92 Å². The summed E-state index contributed by atoms with van der Waals surface area (Å²) in [6.45, 7) is 5.47. The van der Waals surface area contributed by atoms with Gasteiger partial charge < -0.3 is 34.1 Å². The van der Waals surface area contributed by atoms with Gasteiger partial charge in [-0.05, 0) is 34.7 Å². The zero-order chi connectivity index (χ0) is 19.5. The molecule has 0 aliphatic rings. The Morgan fingerprint density at radius 2 is 1.79 bits per heavy atom. The number of benzene rings is 2. The fourth-order valence-corrected chi connectivity index (χ4v) is 3.73. The summed E-state index contributed by atoms with van der Waals surface area (Å²) < 4.78 is 2.21. The lowest BCUT2D eigenvalue weighted by Gasteiger charge is -2.05. The fourth-order valence-electron chi connectivity index (χ4n) is 3.73. The van der Waals surface area contributed by atoms with E-state index < -0.39 is 0 Å². The van der Waals surface area contributed by atoms with Crippen LogP contribution in [-0.4, -0.2) is 16.7 Å². The first-order valence-corrected chi connectivity index (χ1v) is 9.98. The summed E-state index contributed by atoms with van der Waals surface area (Å²) in [5.74, 6) is 0.528. The maximum Gasteiger partial charge on any atom is 0.213 e. The molecule has 0 radical (unpaired) electrons. The number of aliphatic hydroxyl groups excluding tert-OH is 1. The highest BCUT2D eigenvalue weighted by Gasteiger charge is 2.11. The molecule has 4 aromatic rings. The molecule has 0 aliphatic carbocycles. The third kappa shape index (κ3) is 4.54. The molecule has 0 saturated carbocycles. The van der Waals surface area contributed by atoms with Crippen molar-refractivity contribution in [2.45, 2.75) is 32.7 Å². The molecule has 0 unspecified atom stereocenters. The molecule has 0 atom stereocenters. The van der Waals surface area contributed by atoms with Gasteiger partial charge in [-0.25, -0.2) is 0 Å². The Bertz CT molecular complexity index is 1140. The van der Waals surface area contributed by atoms with E-state index in [0.717, 1.165) is 13.0 Å². The quantitative estimate of drug-likeness (QED) is 0.311. The van der Waals surface area contributed by atoms with Gasteiger partial charge in [0.05, 0.1) is 5.39 Å². The van der Waals surface area contributed by atoms with Crippen LogP contribution < -0.4 is 28.5 Å². The number of halogens is 1. The van der Waals surface area contributed by atoms with E-state index in [9.17, 15) is 0 Å². The number of hydrogen-bond acceptors (Lipinski definition) is 1. The number of aromatic amines is 1. The molecule has 2 heterocycles. The Hall–Kier alpha value is -2.18. The van der Waals surface area contributed by atoms with Gasteiger partial charge in [0.25, 0.3) is 0 Å². The summed E-state index contributed by atoms with van der Waals surface area (Å²) in [7, 11) is 0. The maximum atomic E-state index is 9.15. The second-order valence-electron chi connectivity index (χ2n) is 7.60. The van der Waals surface area contributed by atoms with E-state index in [-0.39, 0.29) is 30.6 Å². The van der Waals surface area contributed by atoms with Crippen LogP contribution in [0.1, 0.15) is 42.9 Å². The van der Waals surface area contributed by atoms with Crippen LogP contribution in [0.2, 0.25) is 0 Å². The lowest BCUT2D eigenvalue weighted by atomic mass is 10.0. The number of H-pyrrole nitrogens is 1. The van der Waals surface area contributed by atoms with Crippen molar-refractivity contribution in [1.82, 2.24) is 4.98 Å². The zero-order valence-corrected chi connectivity index (χ0v) is 19.1. The molecule has 0 fully saturated rings.